The van der Waals surface area contributed by atoms with Crippen LogP contribution in [-0.2, 0) is 6.54 Å². The highest BCUT2D eigenvalue weighted by atomic mass is 127. The van der Waals surface area contributed by atoms with Crippen molar-refractivity contribution in [2.75, 3.05) is 6.54 Å². The molecule has 0 aliphatic carbocycles. The van der Waals surface area contributed by atoms with Crippen molar-refractivity contribution >= 4 is 28.5 Å². The van der Waals surface area contributed by atoms with Gasteiger partial charge in [-0.2, -0.15) is 0 Å². The molecule has 106 valence electrons. The Morgan fingerprint density at radius 1 is 1.40 bits per heavy atom. The van der Waals surface area contributed by atoms with E-state index >= 15 is 0 Å². The number of phenols is 1. The largest absolute Gasteiger partial charge is 0.507 e. The molecule has 2 rings (SSSR count). The van der Waals surface area contributed by atoms with Crippen LogP contribution in [0.25, 0.3) is 0 Å². The summed E-state index contributed by atoms with van der Waals surface area (Å²) in [5.74, 6) is -0.0160. The lowest BCUT2D eigenvalue weighted by molar-refractivity contribution is 0.0952. The molecule has 1 aromatic heterocycles. The van der Waals surface area contributed by atoms with Gasteiger partial charge < -0.3 is 15.0 Å². The van der Waals surface area contributed by atoms with Crippen LogP contribution < -0.4 is 5.32 Å². The standard InChI is InChI=1S/C14H16IN3O2/c15-12-4-3-11(9-13(12)19)14(20)17-5-1-2-7-18-8-6-16-10-18/h3-4,6,8-10,19H,1-2,5,7H2,(H,17,20). The van der Waals surface area contributed by atoms with Gasteiger partial charge in [0.25, 0.3) is 5.91 Å². The van der Waals surface area contributed by atoms with E-state index in [2.05, 4.69) is 10.3 Å². The summed E-state index contributed by atoms with van der Waals surface area (Å²) in [4.78, 5) is 15.8. The van der Waals surface area contributed by atoms with Crippen LogP contribution >= 0.6 is 22.6 Å². The normalized spacial score (nSPS) is 10.4. The van der Waals surface area contributed by atoms with Crippen molar-refractivity contribution in [3.05, 3.63) is 46.1 Å². The molecule has 1 amide bonds. The van der Waals surface area contributed by atoms with E-state index in [9.17, 15) is 9.90 Å². The Morgan fingerprint density at radius 2 is 2.25 bits per heavy atom. The Bertz CT molecular complexity index is 570. The van der Waals surface area contributed by atoms with Crippen LogP contribution in [0.2, 0.25) is 0 Å². The summed E-state index contributed by atoms with van der Waals surface area (Å²) in [6.07, 6.45) is 7.35. The molecule has 0 saturated carbocycles. The molecule has 2 N–H and O–H groups in total. The van der Waals surface area contributed by atoms with Crippen molar-refractivity contribution < 1.29 is 9.90 Å². The number of hydrogen-bond acceptors (Lipinski definition) is 3. The summed E-state index contributed by atoms with van der Waals surface area (Å²) < 4.78 is 2.75. The first-order chi connectivity index (χ1) is 9.66. The molecule has 0 radical (unpaired) electrons. The fourth-order valence-corrected chi connectivity index (χ4v) is 2.13. The minimum Gasteiger partial charge on any atom is -0.507 e. The fraction of sp³-hybridized carbons (Fsp3) is 0.286. The van der Waals surface area contributed by atoms with Crippen molar-refractivity contribution in [3.8, 4) is 5.75 Å². The smallest absolute Gasteiger partial charge is 0.251 e. The lowest BCUT2D eigenvalue weighted by Gasteiger charge is -2.06. The van der Waals surface area contributed by atoms with Gasteiger partial charge in [-0.1, -0.05) is 0 Å². The third kappa shape index (κ3) is 4.22. The van der Waals surface area contributed by atoms with Gasteiger partial charge in [-0.05, 0) is 53.6 Å². The Balaban J connectivity index is 1.70. The maximum atomic E-state index is 11.9. The number of nitrogens with zero attached hydrogens (tertiary/aromatic N) is 2. The van der Waals surface area contributed by atoms with E-state index in [0.29, 0.717) is 12.1 Å². The SMILES string of the molecule is O=C(NCCCCn1ccnc1)c1ccc(I)c(O)c1. The average Bonchev–Trinajstić information content (AvgIpc) is 2.94. The summed E-state index contributed by atoms with van der Waals surface area (Å²) in [6, 6.07) is 4.93. The van der Waals surface area contributed by atoms with Crippen molar-refractivity contribution in [1.29, 1.82) is 0 Å². The lowest BCUT2D eigenvalue weighted by atomic mass is 10.2. The second kappa shape index (κ2) is 7.28. The fourth-order valence-electron chi connectivity index (χ4n) is 1.80. The predicted octanol–water partition coefficient (Wildman–Crippen LogP) is 2.40. The van der Waals surface area contributed by atoms with Crippen LogP contribution in [0.3, 0.4) is 0 Å². The van der Waals surface area contributed by atoms with Gasteiger partial charge in [0.05, 0.1) is 9.90 Å². The van der Waals surface area contributed by atoms with Crippen molar-refractivity contribution in [3.63, 3.8) is 0 Å². The van der Waals surface area contributed by atoms with Crippen LogP contribution in [0.5, 0.6) is 5.75 Å². The number of unbranched alkanes of at least 4 members (excludes halogenated alkanes) is 1. The van der Waals surface area contributed by atoms with Gasteiger partial charge in [-0.15, -0.1) is 0 Å². The highest BCUT2D eigenvalue weighted by Gasteiger charge is 2.07. The molecule has 2 aromatic rings. The second-order valence-electron chi connectivity index (χ2n) is 4.43. The molecule has 1 aromatic carbocycles. The Labute approximate surface area is 131 Å². The van der Waals surface area contributed by atoms with Gasteiger partial charge in [0, 0.05) is 31.0 Å². The number of rotatable bonds is 6. The Kier molecular flexibility index (Phi) is 5.40. The third-order valence-electron chi connectivity index (χ3n) is 2.90. The van der Waals surface area contributed by atoms with E-state index < -0.39 is 0 Å². The number of nitrogens with one attached hydrogen (secondary N) is 1. The first-order valence-corrected chi connectivity index (χ1v) is 7.47. The van der Waals surface area contributed by atoms with Gasteiger partial charge >= 0.3 is 0 Å². The third-order valence-corrected chi connectivity index (χ3v) is 3.81. The van der Waals surface area contributed by atoms with Crippen molar-refractivity contribution in [2.24, 2.45) is 0 Å². The molecule has 0 aliphatic rings. The number of imidazole rings is 1. The number of aromatic nitrogens is 2. The quantitative estimate of drug-likeness (QED) is 0.593. The van der Waals surface area contributed by atoms with Gasteiger partial charge in [0.15, 0.2) is 0 Å². The molecule has 0 unspecified atom stereocenters. The molecule has 0 fully saturated rings. The number of aromatic hydroxyl groups is 1. The van der Waals surface area contributed by atoms with E-state index in [4.69, 9.17) is 0 Å². The molecule has 20 heavy (non-hydrogen) atoms. The van der Waals surface area contributed by atoms with Crippen molar-refractivity contribution in [2.45, 2.75) is 19.4 Å². The van der Waals surface area contributed by atoms with Gasteiger partial charge in [-0.3, -0.25) is 4.79 Å². The van der Waals surface area contributed by atoms with E-state index in [1.54, 1.807) is 24.7 Å². The molecule has 0 aliphatic heterocycles. The topological polar surface area (TPSA) is 67.2 Å². The summed E-state index contributed by atoms with van der Waals surface area (Å²) >= 11 is 2.02. The Hall–Kier alpha value is -1.57. The highest BCUT2D eigenvalue weighted by Crippen LogP contribution is 2.20. The number of benzene rings is 1. The first kappa shape index (κ1) is 14.8. The summed E-state index contributed by atoms with van der Waals surface area (Å²) in [5, 5.41) is 12.4. The zero-order chi connectivity index (χ0) is 14.4. The summed E-state index contributed by atoms with van der Waals surface area (Å²) in [7, 11) is 0. The number of amides is 1. The van der Waals surface area contributed by atoms with E-state index in [-0.39, 0.29) is 11.7 Å². The molecule has 0 bridgehead atoms. The molecule has 0 atom stereocenters. The molecule has 6 heteroatoms. The van der Waals surface area contributed by atoms with Gasteiger partial charge in [0.2, 0.25) is 0 Å². The summed E-state index contributed by atoms with van der Waals surface area (Å²) in [5.41, 5.74) is 0.484. The lowest BCUT2D eigenvalue weighted by Crippen LogP contribution is -2.24. The average molecular weight is 385 g/mol. The molecular formula is C14H16IN3O2. The number of carbonyl (C=O) groups excluding carboxylic acids is 1. The minimum atomic E-state index is -0.153. The van der Waals surface area contributed by atoms with Crippen LogP contribution in [0.15, 0.2) is 36.9 Å². The van der Waals surface area contributed by atoms with E-state index in [1.165, 1.54) is 6.07 Å². The van der Waals surface area contributed by atoms with Gasteiger partial charge in [0.1, 0.15) is 5.75 Å². The molecule has 0 saturated heterocycles. The Morgan fingerprint density at radius 3 is 2.95 bits per heavy atom. The summed E-state index contributed by atoms with van der Waals surface area (Å²) in [6.45, 7) is 1.53. The first-order valence-electron chi connectivity index (χ1n) is 6.39. The van der Waals surface area contributed by atoms with Crippen LogP contribution in [-0.4, -0.2) is 27.1 Å². The highest BCUT2D eigenvalue weighted by molar-refractivity contribution is 14.1. The number of aryl methyl sites for hydroxylation is 1. The second-order valence-corrected chi connectivity index (χ2v) is 5.59. The number of carbonyl (C=O) groups is 1. The van der Waals surface area contributed by atoms with E-state index in [1.807, 2.05) is 33.4 Å². The maximum absolute atomic E-state index is 11.9. The molecule has 0 spiro atoms. The number of hydrogen-bond donors (Lipinski definition) is 2. The van der Waals surface area contributed by atoms with Crippen molar-refractivity contribution in [1.82, 2.24) is 14.9 Å². The zero-order valence-electron chi connectivity index (χ0n) is 10.9. The molecule has 5 nitrogen and oxygen atoms in total. The van der Waals surface area contributed by atoms with E-state index in [0.717, 1.165) is 23.0 Å². The zero-order valence-corrected chi connectivity index (χ0v) is 13.1. The molecule has 1 heterocycles. The predicted molar refractivity (Wildman–Crippen MR) is 84.6 cm³/mol. The molecular weight excluding hydrogens is 369 g/mol. The van der Waals surface area contributed by atoms with Crippen LogP contribution in [0, 0.1) is 3.57 Å². The number of halogens is 1. The van der Waals surface area contributed by atoms with Crippen LogP contribution in [0.4, 0.5) is 0 Å². The number of phenolic OH excluding ortho intramolecular Hbond substituents is 1. The van der Waals surface area contributed by atoms with Gasteiger partial charge in [-0.25, -0.2) is 4.98 Å². The maximum Gasteiger partial charge on any atom is 0.251 e. The van der Waals surface area contributed by atoms with Crippen LogP contribution in [0.1, 0.15) is 23.2 Å². The minimum absolute atomic E-state index is 0.137. The monoisotopic (exact) mass is 385 g/mol.